The van der Waals surface area contributed by atoms with Crippen LogP contribution in [0.1, 0.15) is 31.1 Å². The van der Waals surface area contributed by atoms with E-state index < -0.39 is 17.9 Å². The second-order valence-electron chi connectivity index (χ2n) is 6.98. The Morgan fingerprint density at radius 2 is 0.970 bits per heavy atom. The van der Waals surface area contributed by atoms with Crippen molar-refractivity contribution in [3.8, 4) is 33.9 Å². The number of aromatic carboxylic acids is 3. The Bertz CT molecular complexity index is 1320. The molecule has 0 saturated heterocycles. The summed E-state index contributed by atoms with van der Waals surface area (Å²) in [5, 5.41) is 27.8. The number of aromatic nitrogens is 3. The lowest BCUT2D eigenvalue weighted by Gasteiger charge is -2.10. The molecule has 0 bridgehead atoms. The fourth-order valence-corrected chi connectivity index (χ4v) is 3.17. The van der Waals surface area contributed by atoms with E-state index in [2.05, 4.69) is 15.0 Å². The number of nitrogens with zero attached hydrogens (tertiary/aromatic N) is 3. The fraction of sp³-hybridized carbons (Fsp3) is 0. The first-order valence-corrected chi connectivity index (χ1v) is 9.57. The minimum Gasteiger partial charge on any atom is -0.478 e. The summed E-state index contributed by atoms with van der Waals surface area (Å²) < 4.78 is 0. The molecule has 0 aliphatic carbocycles. The minimum absolute atomic E-state index is 0.0329. The van der Waals surface area contributed by atoms with Gasteiger partial charge in [-0.1, -0.05) is 12.1 Å². The highest BCUT2D eigenvalue weighted by Gasteiger charge is 2.14. The molecule has 0 amide bonds. The van der Waals surface area contributed by atoms with E-state index in [0.717, 1.165) is 0 Å². The lowest BCUT2D eigenvalue weighted by atomic mass is 10.0. The molecule has 4 aromatic rings. The highest BCUT2D eigenvalue weighted by Crippen LogP contribution is 2.29. The van der Waals surface area contributed by atoms with Gasteiger partial charge in [0.1, 0.15) is 0 Å². The first-order chi connectivity index (χ1) is 15.8. The molecule has 0 radical (unpaired) electrons. The molecule has 0 spiro atoms. The number of rotatable bonds is 6. The number of hydrogen-bond donors (Lipinski definition) is 3. The van der Waals surface area contributed by atoms with Gasteiger partial charge in [0.05, 0.1) is 39.5 Å². The molecule has 3 N–H and O–H groups in total. The summed E-state index contributed by atoms with van der Waals surface area (Å²) in [5.74, 6) is -3.28. The van der Waals surface area contributed by atoms with Crippen molar-refractivity contribution in [2.75, 3.05) is 0 Å². The Labute approximate surface area is 186 Å². The summed E-state index contributed by atoms with van der Waals surface area (Å²) in [6.07, 6.45) is 2.72. The topological polar surface area (TPSA) is 151 Å². The highest BCUT2D eigenvalue weighted by atomic mass is 16.4. The molecule has 0 atom stereocenters. The minimum atomic E-state index is -1.12. The average molecular weight is 441 g/mol. The molecule has 3 heterocycles. The van der Waals surface area contributed by atoms with Gasteiger partial charge in [0.15, 0.2) is 0 Å². The van der Waals surface area contributed by atoms with Gasteiger partial charge >= 0.3 is 17.9 Å². The third kappa shape index (κ3) is 4.57. The monoisotopic (exact) mass is 441 g/mol. The first-order valence-electron chi connectivity index (χ1n) is 9.57. The SMILES string of the molecule is O=C(O)c1ccc(-c2cc(-c3cc(C(=O)O)ccn3)nc(-c3cc(C(=O)O)ccn3)c2)cc1. The van der Waals surface area contributed by atoms with Crippen LogP contribution in [0.3, 0.4) is 0 Å². The van der Waals surface area contributed by atoms with Crippen molar-refractivity contribution < 1.29 is 29.7 Å². The van der Waals surface area contributed by atoms with Crippen LogP contribution < -0.4 is 0 Å². The lowest BCUT2D eigenvalue weighted by Crippen LogP contribution is -2.00. The van der Waals surface area contributed by atoms with E-state index in [4.69, 9.17) is 5.11 Å². The number of hydrogen-bond acceptors (Lipinski definition) is 6. The van der Waals surface area contributed by atoms with Gasteiger partial charge < -0.3 is 15.3 Å². The molecule has 9 nitrogen and oxygen atoms in total. The van der Waals surface area contributed by atoms with E-state index in [1.54, 1.807) is 24.3 Å². The van der Waals surface area contributed by atoms with Gasteiger partial charge in [0.2, 0.25) is 0 Å². The number of pyridine rings is 3. The maximum atomic E-state index is 11.4. The van der Waals surface area contributed by atoms with Gasteiger partial charge in [0.25, 0.3) is 0 Å². The van der Waals surface area contributed by atoms with Gasteiger partial charge in [-0.2, -0.15) is 0 Å². The number of carboxylic acids is 3. The van der Waals surface area contributed by atoms with Gasteiger partial charge in [-0.15, -0.1) is 0 Å². The summed E-state index contributed by atoms with van der Waals surface area (Å²) in [6.45, 7) is 0. The lowest BCUT2D eigenvalue weighted by molar-refractivity contribution is 0.0686. The van der Waals surface area contributed by atoms with E-state index in [-0.39, 0.29) is 16.7 Å². The van der Waals surface area contributed by atoms with Crippen molar-refractivity contribution in [3.05, 3.63) is 89.7 Å². The van der Waals surface area contributed by atoms with Gasteiger partial charge in [-0.3, -0.25) is 9.97 Å². The molecule has 162 valence electrons. The second kappa shape index (κ2) is 8.67. The largest absolute Gasteiger partial charge is 0.478 e. The van der Waals surface area contributed by atoms with Crippen LogP contribution in [-0.4, -0.2) is 48.2 Å². The summed E-state index contributed by atoms with van der Waals surface area (Å²) in [6, 6.07) is 15.1. The molecule has 0 aliphatic heterocycles. The van der Waals surface area contributed by atoms with Crippen LogP contribution in [0.4, 0.5) is 0 Å². The summed E-state index contributed by atoms with van der Waals surface area (Å²) in [7, 11) is 0. The maximum Gasteiger partial charge on any atom is 0.335 e. The number of benzene rings is 1. The van der Waals surface area contributed by atoms with E-state index in [1.165, 1.54) is 48.8 Å². The van der Waals surface area contributed by atoms with Crippen molar-refractivity contribution in [1.29, 1.82) is 0 Å². The normalized spacial score (nSPS) is 10.5. The zero-order chi connectivity index (χ0) is 23.5. The molecule has 0 saturated carbocycles. The van der Waals surface area contributed by atoms with Crippen molar-refractivity contribution in [1.82, 2.24) is 15.0 Å². The predicted molar refractivity (Wildman–Crippen MR) is 117 cm³/mol. The van der Waals surface area contributed by atoms with E-state index in [1.807, 2.05) is 0 Å². The molecule has 4 rings (SSSR count). The van der Waals surface area contributed by atoms with Gasteiger partial charge in [0, 0.05) is 12.4 Å². The maximum absolute atomic E-state index is 11.4. The fourth-order valence-electron chi connectivity index (χ4n) is 3.17. The van der Waals surface area contributed by atoms with Crippen LogP contribution in [-0.2, 0) is 0 Å². The van der Waals surface area contributed by atoms with Gasteiger partial charge in [-0.05, 0) is 59.7 Å². The molecule has 0 unspecified atom stereocenters. The van der Waals surface area contributed by atoms with Crippen LogP contribution in [0.5, 0.6) is 0 Å². The molecule has 9 heteroatoms. The molecular weight excluding hydrogens is 426 g/mol. The third-order valence-corrected chi connectivity index (χ3v) is 4.83. The Hall–Kier alpha value is -4.92. The molecule has 0 aliphatic rings. The van der Waals surface area contributed by atoms with Crippen molar-refractivity contribution in [2.45, 2.75) is 0 Å². The second-order valence-corrected chi connectivity index (χ2v) is 6.98. The quantitative estimate of drug-likeness (QED) is 0.404. The molecular formula is C24H15N3O6. The zero-order valence-electron chi connectivity index (χ0n) is 16.8. The molecule has 0 fully saturated rings. The Morgan fingerprint density at radius 1 is 0.515 bits per heavy atom. The van der Waals surface area contributed by atoms with Crippen LogP contribution in [0, 0.1) is 0 Å². The molecule has 3 aromatic heterocycles. The Kier molecular flexibility index (Phi) is 5.60. The number of carbonyl (C=O) groups is 3. The smallest absolute Gasteiger partial charge is 0.335 e. The van der Waals surface area contributed by atoms with Crippen LogP contribution in [0.25, 0.3) is 33.9 Å². The van der Waals surface area contributed by atoms with Crippen LogP contribution in [0.2, 0.25) is 0 Å². The standard InChI is InChI=1S/C24H15N3O6/c28-22(29)14-3-1-13(2-4-14)17-11-20(18-9-15(23(30)31)5-7-25-18)27-21(12-17)19-10-16(24(32)33)6-8-26-19/h1-12H,(H,28,29)(H,30,31)(H,32,33). The van der Waals surface area contributed by atoms with Crippen molar-refractivity contribution in [3.63, 3.8) is 0 Å². The average Bonchev–Trinajstić information content (AvgIpc) is 2.84. The van der Waals surface area contributed by atoms with Crippen LogP contribution in [0.15, 0.2) is 73.1 Å². The Morgan fingerprint density at radius 3 is 1.39 bits per heavy atom. The van der Waals surface area contributed by atoms with E-state index in [9.17, 15) is 24.6 Å². The first kappa shape index (κ1) is 21.3. The van der Waals surface area contributed by atoms with Crippen LogP contribution >= 0.6 is 0 Å². The molecule has 33 heavy (non-hydrogen) atoms. The Balaban J connectivity index is 1.90. The summed E-state index contributed by atoms with van der Waals surface area (Å²) in [5.41, 5.74) is 2.79. The van der Waals surface area contributed by atoms with E-state index in [0.29, 0.717) is 33.9 Å². The highest BCUT2D eigenvalue weighted by molar-refractivity contribution is 5.90. The summed E-state index contributed by atoms with van der Waals surface area (Å²) in [4.78, 5) is 46.9. The van der Waals surface area contributed by atoms with Gasteiger partial charge in [-0.25, -0.2) is 19.4 Å². The number of carboxylic acid groups (broad SMARTS) is 3. The third-order valence-electron chi connectivity index (χ3n) is 4.83. The predicted octanol–water partition coefficient (Wildman–Crippen LogP) is 3.97. The van der Waals surface area contributed by atoms with Crippen molar-refractivity contribution in [2.24, 2.45) is 0 Å². The summed E-state index contributed by atoms with van der Waals surface area (Å²) >= 11 is 0. The zero-order valence-corrected chi connectivity index (χ0v) is 16.8. The van der Waals surface area contributed by atoms with E-state index >= 15 is 0 Å². The molecule has 1 aromatic carbocycles. The van der Waals surface area contributed by atoms with Crippen molar-refractivity contribution >= 4 is 17.9 Å².